The smallest absolute Gasteiger partial charge is 0.229 e. The number of para-hydroxylation sites is 2. The van der Waals surface area contributed by atoms with E-state index in [1.165, 1.54) is 0 Å². The minimum atomic E-state index is 0.490. The van der Waals surface area contributed by atoms with Gasteiger partial charge in [-0.05, 0) is 55.8 Å². The van der Waals surface area contributed by atoms with Crippen LogP contribution in [-0.2, 0) is 0 Å². The molecule has 1 aromatic heterocycles. The molecule has 0 radical (unpaired) electrons. The van der Waals surface area contributed by atoms with Crippen LogP contribution in [0.4, 0.5) is 23.1 Å². The summed E-state index contributed by atoms with van der Waals surface area (Å²) in [7, 11) is 0. The lowest BCUT2D eigenvalue weighted by Gasteiger charge is -2.12. The van der Waals surface area contributed by atoms with E-state index in [9.17, 15) is 0 Å². The zero-order valence-corrected chi connectivity index (χ0v) is 14.8. The average Bonchev–Trinajstić information content (AvgIpc) is 2.60. The first-order chi connectivity index (χ1) is 12.2. The van der Waals surface area contributed by atoms with Crippen molar-refractivity contribution < 1.29 is 4.74 Å². The van der Waals surface area contributed by atoms with Crippen molar-refractivity contribution in [3.05, 3.63) is 65.3 Å². The first kappa shape index (κ1) is 17.0. The molecule has 1 heterocycles. The summed E-state index contributed by atoms with van der Waals surface area (Å²) in [5.74, 6) is 1.95. The minimum absolute atomic E-state index is 0.490. The van der Waals surface area contributed by atoms with Gasteiger partial charge in [-0.25, -0.2) is 4.98 Å². The molecule has 0 saturated heterocycles. The van der Waals surface area contributed by atoms with E-state index in [0.29, 0.717) is 23.4 Å². The third-order valence-corrected chi connectivity index (χ3v) is 3.78. The van der Waals surface area contributed by atoms with E-state index in [0.717, 1.165) is 22.7 Å². The number of hydrogen-bond donors (Lipinski definition) is 2. The molecule has 2 aromatic carbocycles. The number of nitrogens with one attached hydrogen (secondary N) is 2. The molecule has 0 saturated carbocycles. The number of benzene rings is 2. The van der Waals surface area contributed by atoms with Crippen molar-refractivity contribution in [2.24, 2.45) is 0 Å². The normalized spacial score (nSPS) is 10.4. The molecular weight excluding hydrogens is 336 g/mol. The van der Waals surface area contributed by atoms with Gasteiger partial charge in [-0.2, -0.15) is 4.98 Å². The SMILES string of the molecule is CCOc1ccccc1Nc1nccc(Nc2ccc(Cl)cc2C)n1. The summed E-state index contributed by atoms with van der Waals surface area (Å²) in [6.45, 7) is 4.54. The number of anilines is 4. The Bertz CT molecular complexity index is 870. The van der Waals surface area contributed by atoms with Gasteiger partial charge in [-0.1, -0.05) is 23.7 Å². The van der Waals surface area contributed by atoms with Crippen LogP contribution in [0.1, 0.15) is 12.5 Å². The molecule has 6 heteroatoms. The molecule has 128 valence electrons. The van der Waals surface area contributed by atoms with E-state index in [1.54, 1.807) is 6.20 Å². The second-order valence-electron chi connectivity index (χ2n) is 5.40. The number of aryl methyl sites for hydroxylation is 1. The highest BCUT2D eigenvalue weighted by Crippen LogP contribution is 2.27. The lowest BCUT2D eigenvalue weighted by atomic mass is 10.2. The van der Waals surface area contributed by atoms with Crippen LogP contribution in [0.15, 0.2) is 54.7 Å². The van der Waals surface area contributed by atoms with Gasteiger partial charge in [0.25, 0.3) is 0 Å². The number of ether oxygens (including phenoxy) is 1. The molecule has 0 amide bonds. The third-order valence-electron chi connectivity index (χ3n) is 3.54. The molecule has 0 spiro atoms. The molecule has 0 aliphatic heterocycles. The van der Waals surface area contributed by atoms with Crippen molar-refractivity contribution in [3.8, 4) is 5.75 Å². The Labute approximate surface area is 152 Å². The lowest BCUT2D eigenvalue weighted by Crippen LogP contribution is -2.03. The monoisotopic (exact) mass is 354 g/mol. The van der Waals surface area contributed by atoms with Crippen LogP contribution in [0.25, 0.3) is 0 Å². The number of halogens is 1. The van der Waals surface area contributed by atoms with Crippen molar-refractivity contribution in [1.82, 2.24) is 9.97 Å². The van der Waals surface area contributed by atoms with E-state index < -0.39 is 0 Å². The lowest BCUT2D eigenvalue weighted by molar-refractivity contribution is 0.342. The van der Waals surface area contributed by atoms with Crippen molar-refractivity contribution in [2.75, 3.05) is 17.2 Å². The average molecular weight is 355 g/mol. The fraction of sp³-hybridized carbons (Fsp3) is 0.158. The highest BCUT2D eigenvalue weighted by molar-refractivity contribution is 6.30. The third kappa shape index (κ3) is 4.39. The van der Waals surface area contributed by atoms with Crippen LogP contribution in [0.5, 0.6) is 5.75 Å². The van der Waals surface area contributed by atoms with Crippen molar-refractivity contribution in [3.63, 3.8) is 0 Å². The highest BCUT2D eigenvalue weighted by Gasteiger charge is 2.06. The molecule has 25 heavy (non-hydrogen) atoms. The van der Waals surface area contributed by atoms with Crippen LogP contribution in [0.3, 0.4) is 0 Å². The summed E-state index contributed by atoms with van der Waals surface area (Å²) in [4.78, 5) is 8.78. The van der Waals surface area contributed by atoms with Gasteiger partial charge >= 0.3 is 0 Å². The zero-order valence-electron chi connectivity index (χ0n) is 14.1. The van der Waals surface area contributed by atoms with Gasteiger partial charge in [0.2, 0.25) is 5.95 Å². The van der Waals surface area contributed by atoms with E-state index in [1.807, 2.05) is 62.4 Å². The van der Waals surface area contributed by atoms with E-state index in [4.69, 9.17) is 16.3 Å². The maximum Gasteiger partial charge on any atom is 0.229 e. The van der Waals surface area contributed by atoms with Gasteiger partial charge < -0.3 is 15.4 Å². The zero-order chi connectivity index (χ0) is 17.6. The van der Waals surface area contributed by atoms with E-state index in [-0.39, 0.29) is 0 Å². The summed E-state index contributed by atoms with van der Waals surface area (Å²) >= 11 is 6.00. The van der Waals surface area contributed by atoms with E-state index >= 15 is 0 Å². The number of hydrogen-bond acceptors (Lipinski definition) is 5. The Kier molecular flexibility index (Phi) is 5.36. The first-order valence-electron chi connectivity index (χ1n) is 8.01. The summed E-state index contributed by atoms with van der Waals surface area (Å²) in [6.07, 6.45) is 1.70. The van der Waals surface area contributed by atoms with Crippen LogP contribution < -0.4 is 15.4 Å². The molecule has 0 fully saturated rings. The van der Waals surface area contributed by atoms with Gasteiger partial charge in [0, 0.05) is 16.9 Å². The predicted molar refractivity (Wildman–Crippen MR) is 102 cm³/mol. The molecule has 3 rings (SSSR count). The van der Waals surface area contributed by atoms with Gasteiger partial charge in [-0.15, -0.1) is 0 Å². The highest BCUT2D eigenvalue weighted by atomic mass is 35.5. The Morgan fingerprint density at radius 2 is 1.88 bits per heavy atom. The Hall–Kier alpha value is -2.79. The Balaban J connectivity index is 1.80. The number of aromatic nitrogens is 2. The van der Waals surface area contributed by atoms with E-state index in [2.05, 4.69) is 20.6 Å². The summed E-state index contributed by atoms with van der Waals surface area (Å²) in [6, 6.07) is 15.2. The van der Waals surface area contributed by atoms with Crippen LogP contribution in [-0.4, -0.2) is 16.6 Å². The molecule has 0 unspecified atom stereocenters. The first-order valence-corrected chi connectivity index (χ1v) is 8.38. The molecule has 5 nitrogen and oxygen atoms in total. The topological polar surface area (TPSA) is 59.1 Å². The van der Waals surface area contributed by atoms with Gasteiger partial charge in [-0.3, -0.25) is 0 Å². The molecule has 0 aliphatic carbocycles. The fourth-order valence-corrected chi connectivity index (χ4v) is 2.59. The quantitative estimate of drug-likeness (QED) is 0.627. The van der Waals surface area contributed by atoms with Crippen LogP contribution in [0, 0.1) is 6.92 Å². The molecule has 0 atom stereocenters. The van der Waals surface area contributed by atoms with Gasteiger partial charge in [0.1, 0.15) is 11.6 Å². The number of nitrogens with zero attached hydrogens (tertiary/aromatic N) is 2. The summed E-state index contributed by atoms with van der Waals surface area (Å²) in [5, 5.41) is 7.19. The maximum absolute atomic E-state index is 6.00. The van der Waals surface area contributed by atoms with Gasteiger partial charge in [0.15, 0.2) is 0 Å². The molecular formula is C19H19ClN4O. The predicted octanol–water partition coefficient (Wildman–Crippen LogP) is 5.32. The van der Waals surface area contributed by atoms with Crippen molar-refractivity contribution in [1.29, 1.82) is 0 Å². The molecule has 3 aromatic rings. The number of rotatable bonds is 6. The largest absolute Gasteiger partial charge is 0.492 e. The van der Waals surface area contributed by atoms with Crippen molar-refractivity contribution in [2.45, 2.75) is 13.8 Å². The van der Waals surface area contributed by atoms with Crippen molar-refractivity contribution >= 4 is 34.7 Å². The molecule has 0 aliphatic rings. The fourth-order valence-electron chi connectivity index (χ4n) is 2.37. The second kappa shape index (κ2) is 7.85. The van der Waals surface area contributed by atoms with Crippen LogP contribution >= 0.6 is 11.6 Å². The molecule has 2 N–H and O–H groups in total. The Morgan fingerprint density at radius 3 is 2.68 bits per heavy atom. The molecule has 0 bridgehead atoms. The maximum atomic E-state index is 6.00. The standard InChI is InChI=1S/C19H19ClN4O/c1-3-25-17-7-5-4-6-16(17)23-19-21-11-10-18(24-19)22-15-9-8-14(20)12-13(15)2/h4-12H,3H2,1-2H3,(H2,21,22,23,24). The van der Waals surface area contributed by atoms with Gasteiger partial charge in [0.05, 0.1) is 12.3 Å². The second-order valence-corrected chi connectivity index (χ2v) is 5.84. The van der Waals surface area contributed by atoms with Crippen LogP contribution in [0.2, 0.25) is 5.02 Å². The summed E-state index contributed by atoms with van der Waals surface area (Å²) in [5.41, 5.74) is 2.82. The Morgan fingerprint density at radius 1 is 1.04 bits per heavy atom. The summed E-state index contributed by atoms with van der Waals surface area (Å²) < 4.78 is 5.62. The minimum Gasteiger partial charge on any atom is -0.492 e.